The third kappa shape index (κ3) is 3.62. The highest BCUT2D eigenvalue weighted by Gasteiger charge is 2.17. The summed E-state index contributed by atoms with van der Waals surface area (Å²) < 4.78 is 7.41. The Bertz CT molecular complexity index is 2740. The highest BCUT2D eigenvalue weighted by molar-refractivity contribution is 7.25. The van der Waals surface area contributed by atoms with Gasteiger partial charge in [-0.25, -0.2) is 0 Å². The second-order valence-electron chi connectivity index (χ2n) is 11.8. The van der Waals surface area contributed by atoms with Gasteiger partial charge in [0.2, 0.25) is 0 Å². The molecule has 3 aromatic heterocycles. The van der Waals surface area contributed by atoms with Crippen molar-refractivity contribution < 1.29 is 0 Å². The molecule has 0 unspecified atom stereocenters. The van der Waals surface area contributed by atoms with Crippen molar-refractivity contribution in [2.75, 3.05) is 0 Å². The zero-order valence-corrected chi connectivity index (χ0v) is 25.1. The molecule has 3 heteroatoms. The SMILES string of the molecule is c1ccc(-n2c3ccccc3c3cc(-c4ccc5sc6cc7c(cc6c5c4)c4ccccc4n7-c4ccccc4)ccc32)cc1. The number of benzene rings is 7. The summed E-state index contributed by atoms with van der Waals surface area (Å²) >= 11 is 1.88. The molecule has 0 bridgehead atoms. The van der Waals surface area contributed by atoms with E-state index in [1.54, 1.807) is 0 Å². The highest BCUT2D eigenvalue weighted by atomic mass is 32.1. The van der Waals surface area contributed by atoms with Crippen molar-refractivity contribution in [3.8, 4) is 22.5 Å². The number of hydrogen-bond acceptors (Lipinski definition) is 1. The van der Waals surface area contributed by atoms with Crippen LogP contribution in [0, 0.1) is 0 Å². The molecule has 0 amide bonds. The van der Waals surface area contributed by atoms with Crippen LogP contribution in [-0.2, 0) is 0 Å². The second kappa shape index (κ2) is 9.43. The first-order valence-corrected chi connectivity index (χ1v) is 16.2. The Morgan fingerprint density at radius 3 is 1.47 bits per heavy atom. The van der Waals surface area contributed by atoms with Crippen LogP contribution in [0.1, 0.15) is 0 Å². The van der Waals surface area contributed by atoms with Gasteiger partial charge >= 0.3 is 0 Å². The molecule has 0 aliphatic rings. The Morgan fingerprint density at radius 2 is 0.800 bits per heavy atom. The number of hydrogen-bond donors (Lipinski definition) is 0. The average molecular weight is 591 g/mol. The van der Waals surface area contributed by atoms with E-state index in [4.69, 9.17) is 0 Å². The molecule has 3 heterocycles. The summed E-state index contributed by atoms with van der Waals surface area (Å²) in [4.78, 5) is 0. The van der Waals surface area contributed by atoms with Gasteiger partial charge < -0.3 is 9.13 Å². The summed E-state index contributed by atoms with van der Waals surface area (Å²) in [5.41, 5.74) is 9.80. The summed E-state index contributed by atoms with van der Waals surface area (Å²) in [6.45, 7) is 0. The molecule has 210 valence electrons. The predicted molar refractivity (Wildman–Crippen MR) is 193 cm³/mol. The highest BCUT2D eigenvalue weighted by Crippen LogP contribution is 2.42. The second-order valence-corrected chi connectivity index (χ2v) is 12.9. The molecule has 0 saturated heterocycles. The lowest BCUT2D eigenvalue weighted by atomic mass is 10.00. The van der Waals surface area contributed by atoms with Crippen LogP contribution in [0.25, 0.3) is 86.3 Å². The summed E-state index contributed by atoms with van der Waals surface area (Å²) in [5, 5.41) is 7.77. The lowest BCUT2D eigenvalue weighted by Crippen LogP contribution is -1.92. The van der Waals surface area contributed by atoms with Crippen molar-refractivity contribution in [1.82, 2.24) is 9.13 Å². The maximum absolute atomic E-state index is 2.42. The number of rotatable bonds is 3. The van der Waals surface area contributed by atoms with E-state index in [-0.39, 0.29) is 0 Å². The lowest BCUT2D eigenvalue weighted by molar-refractivity contribution is 1.18. The topological polar surface area (TPSA) is 9.86 Å². The summed E-state index contributed by atoms with van der Waals surface area (Å²) in [6.07, 6.45) is 0. The Kier molecular flexibility index (Phi) is 5.19. The fraction of sp³-hybridized carbons (Fsp3) is 0. The van der Waals surface area contributed by atoms with Gasteiger partial charge in [-0.1, -0.05) is 84.9 Å². The monoisotopic (exact) mass is 590 g/mol. The van der Waals surface area contributed by atoms with Gasteiger partial charge in [0.1, 0.15) is 0 Å². The van der Waals surface area contributed by atoms with E-state index < -0.39 is 0 Å². The van der Waals surface area contributed by atoms with Crippen molar-refractivity contribution in [2.24, 2.45) is 0 Å². The van der Waals surface area contributed by atoms with E-state index in [0.717, 1.165) is 0 Å². The van der Waals surface area contributed by atoms with Crippen LogP contribution < -0.4 is 0 Å². The normalized spacial score (nSPS) is 12.0. The maximum Gasteiger partial charge on any atom is 0.0555 e. The van der Waals surface area contributed by atoms with Crippen molar-refractivity contribution in [2.45, 2.75) is 0 Å². The molecule has 0 N–H and O–H groups in total. The quantitative estimate of drug-likeness (QED) is 0.194. The average Bonchev–Trinajstić information content (AvgIpc) is 3.74. The molecule has 0 saturated carbocycles. The number of para-hydroxylation sites is 4. The van der Waals surface area contributed by atoms with Gasteiger partial charge in [-0.2, -0.15) is 0 Å². The first-order valence-electron chi connectivity index (χ1n) is 15.4. The van der Waals surface area contributed by atoms with Crippen molar-refractivity contribution >= 4 is 75.1 Å². The first kappa shape index (κ1) is 24.8. The Balaban J connectivity index is 1.19. The molecule has 10 rings (SSSR count). The molecule has 10 aromatic rings. The minimum atomic E-state index is 1.18. The largest absolute Gasteiger partial charge is 0.309 e. The molecule has 0 aliphatic carbocycles. The minimum absolute atomic E-state index is 1.18. The summed E-state index contributed by atoms with van der Waals surface area (Å²) in [6, 6.07) is 57.6. The van der Waals surface area contributed by atoms with Gasteiger partial charge in [-0.05, 0) is 83.9 Å². The van der Waals surface area contributed by atoms with E-state index >= 15 is 0 Å². The zero-order valence-electron chi connectivity index (χ0n) is 24.3. The molecule has 0 fully saturated rings. The lowest BCUT2D eigenvalue weighted by Gasteiger charge is -2.08. The molecular formula is C42H26N2S. The van der Waals surface area contributed by atoms with E-state index in [0.29, 0.717) is 0 Å². The van der Waals surface area contributed by atoms with E-state index in [2.05, 4.69) is 167 Å². The van der Waals surface area contributed by atoms with Crippen molar-refractivity contribution in [1.29, 1.82) is 0 Å². The van der Waals surface area contributed by atoms with Crippen molar-refractivity contribution in [3.63, 3.8) is 0 Å². The van der Waals surface area contributed by atoms with Crippen molar-refractivity contribution in [3.05, 3.63) is 158 Å². The molecule has 7 aromatic carbocycles. The molecule has 0 spiro atoms. The smallest absolute Gasteiger partial charge is 0.0555 e. The van der Waals surface area contributed by atoms with Crippen LogP contribution in [-0.4, -0.2) is 9.13 Å². The van der Waals surface area contributed by atoms with Gasteiger partial charge in [0.25, 0.3) is 0 Å². The minimum Gasteiger partial charge on any atom is -0.309 e. The molecular weight excluding hydrogens is 565 g/mol. The molecule has 0 radical (unpaired) electrons. The fourth-order valence-corrected chi connectivity index (χ4v) is 8.38. The van der Waals surface area contributed by atoms with Crippen LogP contribution in [0.5, 0.6) is 0 Å². The van der Waals surface area contributed by atoms with Gasteiger partial charge in [0.05, 0.1) is 22.1 Å². The summed E-state index contributed by atoms with van der Waals surface area (Å²) in [7, 11) is 0. The van der Waals surface area contributed by atoms with E-state index in [9.17, 15) is 0 Å². The van der Waals surface area contributed by atoms with Crippen LogP contribution in [0.3, 0.4) is 0 Å². The Labute approximate surface area is 263 Å². The van der Waals surface area contributed by atoms with Gasteiger partial charge in [0.15, 0.2) is 0 Å². The van der Waals surface area contributed by atoms with Crippen LogP contribution in [0.2, 0.25) is 0 Å². The van der Waals surface area contributed by atoms with E-state index in [1.165, 1.54) is 86.3 Å². The van der Waals surface area contributed by atoms with Crippen LogP contribution in [0.15, 0.2) is 158 Å². The number of nitrogens with zero attached hydrogens (tertiary/aromatic N) is 2. The third-order valence-electron chi connectivity index (χ3n) is 9.30. The molecule has 2 nitrogen and oxygen atoms in total. The molecule has 0 atom stereocenters. The van der Waals surface area contributed by atoms with Gasteiger partial charge in [-0.3, -0.25) is 0 Å². The molecule has 45 heavy (non-hydrogen) atoms. The number of fused-ring (bicyclic) bond motifs is 9. The van der Waals surface area contributed by atoms with Gasteiger partial charge in [0, 0.05) is 53.1 Å². The van der Waals surface area contributed by atoms with E-state index in [1.807, 2.05) is 11.3 Å². The van der Waals surface area contributed by atoms with Crippen LogP contribution >= 0.6 is 11.3 Å². The number of thiophene rings is 1. The predicted octanol–water partition coefficient (Wildman–Crippen LogP) is 11.9. The molecule has 0 aliphatic heterocycles. The number of aromatic nitrogens is 2. The maximum atomic E-state index is 2.42. The third-order valence-corrected chi connectivity index (χ3v) is 10.4. The Morgan fingerprint density at radius 1 is 0.311 bits per heavy atom. The summed E-state index contributed by atoms with van der Waals surface area (Å²) in [5.74, 6) is 0. The standard InChI is InChI=1S/C42H26N2S/c1-3-11-29(12-4-1)43-37-17-9-7-15-31(37)33-23-27(19-21-39(33)43)28-20-22-41-35(24-28)36-25-34-32-16-8-10-18-38(32)44(30-13-5-2-6-14-30)40(34)26-42(36)45-41/h1-26H. The van der Waals surface area contributed by atoms with Gasteiger partial charge in [-0.15, -0.1) is 11.3 Å². The van der Waals surface area contributed by atoms with Crippen LogP contribution in [0.4, 0.5) is 0 Å². The fourth-order valence-electron chi connectivity index (χ4n) is 7.28. The Hall–Kier alpha value is -5.64. The zero-order chi connectivity index (χ0) is 29.5. The first-order chi connectivity index (χ1) is 22.3.